The highest BCUT2D eigenvalue weighted by molar-refractivity contribution is 5.69. The van der Waals surface area contributed by atoms with Gasteiger partial charge in [0.05, 0.1) is 19.8 Å². The van der Waals surface area contributed by atoms with Crippen molar-refractivity contribution in [3.8, 4) is 0 Å². The molecule has 1 aliphatic rings. The van der Waals surface area contributed by atoms with Crippen LogP contribution in [0.25, 0.3) is 0 Å². The topological polar surface area (TPSA) is 135 Å². The summed E-state index contributed by atoms with van der Waals surface area (Å²) < 4.78 is 22.7. The van der Waals surface area contributed by atoms with E-state index in [-0.39, 0.29) is 19.2 Å². The Kier molecular flexibility index (Phi) is 37.1. The highest BCUT2D eigenvalue weighted by Crippen LogP contribution is 2.22. The zero-order chi connectivity index (χ0) is 42.2. The maximum Gasteiger partial charge on any atom is 0.306 e. The summed E-state index contributed by atoms with van der Waals surface area (Å²) in [7, 11) is 0. The lowest BCUT2D eigenvalue weighted by atomic mass is 9.99. The van der Waals surface area contributed by atoms with Crippen molar-refractivity contribution in [2.75, 3.05) is 26.4 Å². The van der Waals surface area contributed by atoms with Gasteiger partial charge in [0.2, 0.25) is 0 Å². The fraction of sp³-hybridized carbons (Fsp3) is 0.735. The number of carbonyl (C=O) groups excluding carboxylic acids is 1. The molecule has 0 saturated carbocycles. The van der Waals surface area contributed by atoms with E-state index in [4.69, 9.17) is 18.9 Å². The molecule has 0 amide bonds. The number of ether oxygens (including phenoxy) is 4. The lowest BCUT2D eigenvalue weighted by Crippen LogP contribution is -2.59. The summed E-state index contributed by atoms with van der Waals surface area (Å²) in [6, 6.07) is 0. The minimum absolute atomic E-state index is 0.103. The van der Waals surface area contributed by atoms with Crippen LogP contribution < -0.4 is 0 Å². The van der Waals surface area contributed by atoms with E-state index in [0.29, 0.717) is 13.0 Å². The highest BCUT2D eigenvalue weighted by Gasteiger charge is 2.44. The molecule has 0 bridgehead atoms. The number of esters is 1. The average molecular weight is 817 g/mol. The molecule has 4 N–H and O–H groups in total. The first kappa shape index (κ1) is 53.6. The molecule has 0 radical (unpaired) electrons. The quantitative estimate of drug-likeness (QED) is 0.0273. The van der Waals surface area contributed by atoms with E-state index in [2.05, 4.69) is 86.8 Å². The van der Waals surface area contributed by atoms with Crippen LogP contribution in [0, 0.1) is 0 Å². The zero-order valence-corrected chi connectivity index (χ0v) is 36.5. The third-order valence-corrected chi connectivity index (χ3v) is 10.1. The Hall–Kier alpha value is -2.37. The van der Waals surface area contributed by atoms with Crippen LogP contribution in [0.4, 0.5) is 0 Å². The molecule has 1 fully saturated rings. The molecule has 0 aromatic rings. The van der Waals surface area contributed by atoms with E-state index in [0.717, 1.165) is 70.6 Å². The molecule has 58 heavy (non-hydrogen) atoms. The Morgan fingerprint density at radius 1 is 0.569 bits per heavy atom. The smallest absolute Gasteiger partial charge is 0.306 e. The molecule has 1 rings (SSSR count). The van der Waals surface area contributed by atoms with Gasteiger partial charge in [-0.3, -0.25) is 4.79 Å². The highest BCUT2D eigenvalue weighted by atomic mass is 16.7. The Bertz CT molecular complexity index is 1110. The maximum absolute atomic E-state index is 12.8. The van der Waals surface area contributed by atoms with Gasteiger partial charge in [0.25, 0.3) is 0 Å². The standard InChI is InChI=1S/C49H84O9/c1-3-5-7-9-11-13-15-17-19-20-21-22-23-25-27-29-31-33-35-37-39-55-41-43(42-56-49-48(54)47(53)46(52)44(40-50)58-49)57-45(51)38-36-34-32-30-28-26-24-18-16-14-12-10-8-6-4-2/h5,7,11,13,17,19,21-22,25,27,31,33,43-44,46-50,52-54H,3-4,6,8-10,12,14-16,18,20,23-24,26,28-30,32,34-42H2,1-2H3/b7-5-,13-11-,19-17-,22-21-,27-25-,33-31-. The zero-order valence-electron chi connectivity index (χ0n) is 36.5. The first-order chi connectivity index (χ1) is 28.4. The Morgan fingerprint density at radius 3 is 1.52 bits per heavy atom. The summed E-state index contributed by atoms with van der Waals surface area (Å²) in [5, 5.41) is 40.1. The van der Waals surface area contributed by atoms with Gasteiger partial charge in [-0.25, -0.2) is 0 Å². The van der Waals surface area contributed by atoms with Gasteiger partial charge in [-0.15, -0.1) is 0 Å². The van der Waals surface area contributed by atoms with E-state index in [1.807, 2.05) is 0 Å². The van der Waals surface area contributed by atoms with Crippen LogP contribution in [0.1, 0.15) is 168 Å². The van der Waals surface area contributed by atoms with Crippen molar-refractivity contribution >= 4 is 5.97 Å². The second-order valence-electron chi connectivity index (χ2n) is 15.5. The van der Waals surface area contributed by atoms with Crippen molar-refractivity contribution in [1.29, 1.82) is 0 Å². The molecule has 1 saturated heterocycles. The molecule has 6 unspecified atom stereocenters. The summed E-state index contributed by atoms with van der Waals surface area (Å²) in [6.45, 7) is 4.29. The van der Waals surface area contributed by atoms with Crippen molar-refractivity contribution in [2.24, 2.45) is 0 Å². The van der Waals surface area contributed by atoms with E-state index in [1.165, 1.54) is 77.0 Å². The van der Waals surface area contributed by atoms with Crippen LogP contribution >= 0.6 is 0 Å². The Morgan fingerprint density at radius 2 is 1.03 bits per heavy atom. The van der Waals surface area contributed by atoms with Crippen LogP contribution in [0.15, 0.2) is 72.9 Å². The Balaban J connectivity index is 2.31. The maximum atomic E-state index is 12.8. The normalized spacial score (nSPS) is 21.0. The van der Waals surface area contributed by atoms with Gasteiger partial charge >= 0.3 is 5.97 Å². The molecule has 0 aromatic carbocycles. The predicted molar refractivity (Wildman–Crippen MR) is 237 cm³/mol. The first-order valence-electron chi connectivity index (χ1n) is 23.0. The fourth-order valence-electron chi connectivity index (χ4n) is 6.57. The number of allylic oxidation sites excluding steroid dienone is 12. The fourth-order valence-corrected chi connectivity index (χ4v) is 6.57. The number of aliphatic hydroxyl groups excluding tert-OH is 4. The summed E-state index contributed by atoms with van der Waals surface area (Å²) in [6.07, 6.45) is 45.1. The van der Waals surface area contributed by atoms with Crippen molar-refractivity contribution in [3.05, 3.63) is 72.9 Å². The van der Waals surface area contributed by atoms with Crippen molar-refractivity contribution in [3.63, 3.8) is 0 Å². The monoisotopic (exact) mass is 817 g/mol. The summed E-state index contributed by atoms with van der Waals surface area (Å²) in [5.41, 5.74) is 0. The summed E-state index contributed by atoms with van der Waals surface area (Å²) in [4.78, 5) is 12.8. The van der Waals surface area contributed by atoms with Gasteiger partial charge in [-0.1, -0.05) is 177 Å². The number of carbonyl (C=O) groups is 1. The third-order valence-electron chi connectivity index (χ3n) is 10.1. The molecule has 9 nitrogen and oxygen atoms in total. The van der Waals surface area contributed by atoms with Gasteiger partial charge in [0.1, 0.15) is 30.5 Å². The number of unbranched alkanes of at least 4 members (excludes halogenated alkanes) is 15. The molecule has 0 aromatic heterocycles. The second-order valence-corrected chi connectivity index (χ2v) is 15.5. The van der Waals surface area contributed by atoms with Crippen molar-refractivity contribution in [2.45, 2.75) is 205 Å². The van der Waals surface area contributed by atoms with Crippen molar-refractivity contribution in [1.82, 2.24) is 0 Å². The van der Waals surface area contributed by atoms with Crippen molar-refractivity contribution < 1.29 is 44.2 Å². The number of hydrogen-bond donors (Lipinski definition) is 4. The van der Waals surface area contributed by atoms with Gasteiger partial charge in [-0.2, -0.15) is 0 Å². The van der Waals surface area contributed by atoms with E-state index in [1.54, 1.807) is 0 Å². The number of hydrogen-bond acceptors (Lipinski definition) is 9. The minimum atomic E-state index is -1.55. The molecule has 0 spiro atoms. The van der Waals surface area contributed by atoms with E-state index >= 15 is 0 Å². The lowest BCUT2D eigenvalue weighted by molar-refractivity contribution is -0.305. The van der Waals surface area contributed by atoms with Crippen LogP contribution in [0.5, 0.6) is 0 Å². The summed E-state index contributed by atoms with van der Waals surface area (Å²) >= 11 is 0. The Labute approximate surface area is 353 Å². The van der Waals surface area contributed by atoms with Crippen LogP contribution in [-0.2, 0) is 23.7 Å². The number of aliphatic hydroxyl groups is 4. The second kappa shape index (κ2) is 40.1. The molecule has 1 aliphatic heterocycles. The number of rotatable bonds is 38. The van der Waals surface area contributed by atoms with E-state index in [9.17, 15) is 25.2 Å². The van der Waals surface area contributed by atoms with Gasteiger partial charge in [0.15, 0.2) is 6.29 Å². The molecule has 6 atom stereocenters. The SMILES string of the molecule is CC/C=C\C/C=C\C/C=C\C/C=C\C/C=C\C/C=C\CCCOCC(COC1OC(CO)C(O)C(O)C1O)OC(=O)CCCCCCCCCCCCCCCCC. The lowest BCUT2D eigenvalue weighted by Gasteiger charge is -2.39. The third kappa shape index (κ3) is 30.6. The minimum Gasteiger partial charge on any atom is -0.457 e. The van der Waals surface area contributed by atoms with Gasteiger partial charge in [-0.05, 0) is 57.8 Å². The molecular weight excluding hydrogens is 733 g/mol. The van der Waals surface area contributed by atoms with Gasteiger partial charge < -0.3 is 39.4 Å². The summed E-state index contributed by atoms with van der Waals surface area (Å²) in [5.74, 6) is -0.335. The van der Waals surface area contributed by atoms with Crippen LogP contribution in [-0.4, -0.2) is 89.6 Å². The van der Waals surface area contributed by atoms with Crippen LogP contribution in [0.2, 0.25) is 0 Å². The molecule has 334 valence electrons. The molecular formula is C49H84O9. The van der Waals surface area contributed by atoms with Crippen LogP contribution in [0.3, 0.4) is 0 Å². The molecule has 9 heteroatoms. The molecule has 0 aliphatic carbocycles. The average Bonchev–Trinajstić information content (AvgIpc) is 3.22. The van der Waals surface area contributed by atoms with Gasteiger partial charge in [0, 0.05) is 13.0 Å². The largest absolute Gasteiger partial charge is 0.457 e. The molecule has 1 heterocycles. The predicted octanol–water partition coefficient (Wildman–Crippen LogP) is 10.5. The first-order valence-corrected chi connectivity index (χ1v) is 23.0. The van der Waals surface area contributed by atoms with E-state index < -0.39 is 43.4 Å².